The lowest BCUT2D eigenvalue weighted by molar-refractivity contribution is -0.136. The number of nitrogens with two attached hydrogens (primary N) is 1. The molecule has 0 radical (unpaired) electrons. The maximum Gasteiger partial charge on any atom is 0.264 e. The van der Waals surface area contributed by atoms with Crippen LogP contribution in [0.15, 0.2) is 36.4 Å². The number of hydrogen-bond acceptors (Lipinski definition) is 9. The number of nitrogens with one attached hydrogen (secondary N) is 3. The molecule has 0 aromatic heterocycles. The second kappa shape index (κ2) is 10.7. The fourth-order valence-corrected chi connectivity index (χ4v) is 4.36. The first kappa shape index (κ1) is 25.6. The van der Waals surface area contributed by atoms with Crippen molar-refractivity contribution in [1.82, 2.24) is 15.5 Å². The van der Waals surface area contributed by atoms with Crippen LogP contribution >= 0.6 is 0 Å². The van der Waals surface area contributed by atoms with Crippen LogP contribution < -0.4 is 21.7 Å². The first-order valence-electron chi connectivity index (χ1n) is 11.8. The summed E-state index contributed by atoms with van der Waals surface area (Å²) >= 11 is 0. The van der Waals surface area contributed by atoms with Gasteiger partial charge in [0.25, 0.3) is 11.8 Å². The second-order valence-electron chi connectivity index (χ2n) is 8.88. The summed E-state index contributed by atoms with van der Waals surface area (Å²) in [7, 11) is 0. The van der Waals surface area contributed by atoms with Crippen molar-refractivity contribution in [3.63, 3.8) is 0 Å². The second-order valence-corrected chi connectivity index (χ2v) is 8.88. The molecule has 194 valence electrons. The van der Waals surface area contributed by atoms with Crippen LogP contribution in [0.3, 0.4) is 0 Å². The minimum atomic E-state index is -1.04. The van der Waals surface area contributed by atoms with Gasteiger partial charge in [0, 0.05) is 25.2 Å². The first-order valence-corrected chi connectivity index (χ1v) is 11.8. The van der Waals surface area contributed by atoms with Crippen molar-refractivity contribution in [2.45, 2.75) is 37.8 Å². The maximum atomic E-state index is 13.1. The van der Waals surface area contributed by atoms with Gasteiger partial charge in [0.15, 0.2) is 11.5 Å². The number of carbonyl (C=O) groups excluding carboxylic acids is 5. The van der Waals surface area contributed by atoms with E-state index < -0.39 is 35.7 Å². The molecule has 5 amide bonds. The number of piperidine rings is 1. The van der Waals surface area contributed by atoms with Crippen molar-refractivity contribution in [2.24, 2.45) is 5.73 Å². The lowest BCUT2D eigenvalue weighted by Crippen LogP contribution is -2.54. The number of fused-ring (bicyclic) bond motifs is 1. The van der Waals surface area contributed by atoms with E-state index in [0.29, 0.717) is 30.8 Å². The van der Waals surface area contributed by atoms with Gasteiger partial charge in [0.05, 0.1) is 17.2 Å². The number of carbonyl (C=O) groups is 5. The van der Waals surface area contributed by atoms with Crippen LogP contribution in [0.4, 0.5) is 5.69 Å². The van der Waals surface area contributed by atoms with Crippen molar-refractivity contribution in [3.05, 3.63) is 53.1 Å². The van der Waals surface area contributed by atoms with Crippen LogP contribution in [0, 0.1) is 0 Å². The molecule has 1 fully saturated rings. The quantitative estimate of drug-likeness (QED) is 0.153. The molecule has 1 saturated heterocycles. The average Bonchev–Trinajstić information content (AvgIpc) is 3.11. The molecule has 7 N–H and O–H groups in total. The Morgan fingerprint density at radius 1 is 1.08 bits per heavy atom. The zero-order valence-corrected chi connectivity index (χ0v) is 19.8. The molecule has 2 atom stereocenters. The molecule has 2 heterocycles. The van der Waals surface area contributed by atoms with Gasteiger partial charge < -0.3 is 26.6 Å². The zero-order chi connectivity index (χ0) is 26.7. The Balaban J connectivity index is 1.29. The highest BCUT2D eigenvalue weighted by molar-refractivity contribution is 6.25. The minimum Gasteiger partial charge on any atom is -0.504 e. The predicted molar refractivity (Wildman–Crippen MR) is 131 cm³/mol. The van der Waals surface area contributed by atoms with Gasteiger partial charge in [-0.1, -0.05) is 12.1 Å². The molecule has 2 aliphatic rings. The van der Waals surface area contributed by atoms with Crippen LogP contribution in [0.25, 0.3) is 0 Å². The minimum absolute atomic E-state index is 0.0434. The summed E-state index contributed by atoms with van der Waals surface area (Å²) in [6.07, 6.45) is 0.783. The summed E-state index contributed by atoms with van der Waals surface area (Å²) in [4.78, 5) is 62.9. The average molecular weight is 510 g/mol. The Labute approximate surface area is 211 Å². The van der Waals surface area contributed by atoms with Crippen LogP contribution in [-0.4, -0.2) is 69.8 Å². The smallest absolute Gasteiger partial charge is 0.264 e. The first-order chi connectivity index (χ1) is 17.7. The predicted octanol–water partition coefficient (Wildman–Crippen LogP) is -0.0128. The van der Waals surface area contributed by atoms with E-state index in [9.17, 15) is 34.2 Å². The van der Waals surface area contributed by atoms with Crippen LogP contribution in [0.5, 0.6) is 11.5 Å². The largest absolute Gasteiger partial charge is 0.504 e. The molecule has 4 rings (SSSR count). The van der Waals surface area contributed by atoms with Gasteiger partial charge in [0.1, 0.15) is 6.04 Å². The van der Waals surface area contributed by atoms with Gasteiger partial charge in [-0.2, -0.15) is 0 Å². The van der Waals surface area contributed by atoms with Gasteiger partial charge in [-0.25, -0.2) is 0 Å². The number of phenols is 2. The standard InChI is InChI=1S/C25H27N5O7/c26-15(11-13-5-7-18(31)19(32)12-13)22(34)28-10-2-9-27-16-4-1-3-14-21(16)25(37)30(24(14)36)17-6-8-20(33)29-23(17)35/h1,3-5,7,12,15,17,27,31-32H,2,6,8-11,26H2,(H,28,34)(H,29,33,35). The Bertz CT molecular complexity index is 1280. The third-order valence-electron chi connectivity index (χ3n) is 6.27. The molecule has 12 heteroatoms. The summed E-state index contributed by atoms with van der Waals surface area (Å²) in [5.74, 6) is -3.21. The van der Waals surface area contributed by atoms with E-state index in [4.69, 9.17) is 5.73 Å². The number of aromatic hydroxyl groups is 2. The van der Waals surface area contributed by atoms with E-state index >= 15 is 0 Å². The van der Waals surface area contributed by atoms with E-state index in [1.54, 1.807) is 18.2 Å². The third-order valence-corrected chi connectivity index (χ3v) is 6.27. The fourth-order valence-electron chi connectivity index (χ4n) is 4.36. The van der Waals surface area contributed by atoms with Gasteiger partial charge in [-0.15, -0.1) is 0 Å². The van der Waals surface area contributed by atoms with Crippen molar-refractivity contribution in [2.75, 3.05) is 18.4 Å². The highest BCUT2D eigenvalue weighted by atomic mass is 16.3. The van der Waals surface area contributed by atoms with Gasteiger partial charge >= 0.3 is 0 Å². The Kier molecular flexibility index (Phi) is 7.39. The lowest BCUT2D eigenvalue weighted by Gasteiger charge is -2.27. The van der Waals surface area contributed by atoms with Crippen LogP contribution in [-0.2, 0) is 20.8 Å². The van der Waals surface area contributed by atoms with Gasteiger partial charge in [0.2, 0.25) is 17.7 Å². The molecule has 2 aromatic carbocycles. The molecule has 0 bridgehead atoms. The molecular weight excluding hydrogens is 482 g/mol. The Morgan fingerprint density at radius 3 is 2.59 bits per heavy atom. The number of amides is 5. The molecule has 0 saturated carbocycles. The van der Waals surface area contributed by atoms with E-state index in [0.717, 1.165) is 4.90 Å². The van der Waals surface area contributed by atoms with Crippen LogP contribution in [0.1, 0.15) is 45.5 Å². The van der Waals surface area contributed by atoms with Crippen LogP contribution in [0.2, 0.25) is 0 Å². The van der Waals surface area contributed by atoms with E-state index in [2.05, 4.69) is 16.0 Å². The summed E-state index contributed by atoms with van der Waals surface area (Å²) < 4.78 is 0. The highest BCUT2D eigenvalue weighted by Crippen LogP contribution is 2.32. The summed E-state index contributed by atoms with van der Waals surface area (Å²) in [5, 5.41) is 26.9. The molecular formula is C25H27N5O7. The molecule has 2 unspecified atom stereocenters. The van der Waals surface area contributed by atoms with E-state index in [1.165, 1.54) is 18.2 Å². The molecule has 37 heavy (non-hydrogen) atoms. The summed E-state index contributed by atoms with van der Waals surface area (Å²) in [6.45, 7) is 0.669. The Hall–Kier alpha value is -4.45. The molecule has 12 nitrogen and oxygen atoms in total. The SMILES string of the molecule is NC(Cc1ccc(O)c(O)c1)C(=O)NCCCNc1cccc2c1C(=O)N(C1CCC(=O)NC1=O)C2=O. The molecule has 2 aromatic rings. The van der Waals surface area contributed by atoms with E-state index in [1.807, 2.05) is 0 Å². The van der Waals surface area contributed by atoms with Crippen molar-refractivity contribution in [3.8, 4) is 11.5 Å². The maximum absolute atomic E-state index is 13.1. The van der Waals surface area contributed by atoms with Gasteiger partial charge in [-0.3, -0.25) is 34.2 Å². The number of nitrogens with zero attached hydrogens (tertiary/aromatic N) is 1. The monoisotopic (exact) mass is 509 g/mol. The lowest BCUT2D eigenvalue weighted by atomic mass is 10.0. The van der Waals surface area contributed by atoms with Crippen molar-refractivity contribution < 1.29 is 34.2 Å². The van der Waals surface area contributed by atoms with E-state index in [-0.39, 0.29) is 47.8 Å². The van der Waals surface area contributed by atoms with Crippen molar-refractivity contribution in [1.29, 1.82) is 0 Å². The highest BCUT2D eigenvalue weighted by Gasteiger charge is 2.45. The Morgan fingerprint density at radius 2 is 1.86 bits per heavy atom. The topological polar surface area (TPSA) is 191 Å². The summed E-state index contributed by atoms with van der Waals surface area (Å²) in [6, 6.07) is 7.14. The number of rotatable bonds is 9. The number of hydrogen-bond donors (Lipinski definition) is 6. The summed E-state index contributed by atoms with van der Waals surface area (Å²) in [5.41, 5.74) is 7.31. The number of anilines is 1. The zero-order valence-electron chi connectivity index (χ0n) is 19.8. The normalized spacial score (nSPS) is 17.9. The van der Waals surface area contributed by atoms with Crippen molar-refractivity contribution >= 4 is 35.2 Å². The number of phenolic OH excluding ortho intramolecular Hbond substituents is 2. The molecule has 0 aliphatic carbocycles. The molecule has 0 spiro atoms. The third kappa shape index (κ3) is 5.38. The molecule has 2 aliphatic heterocycles. The number of imide groups is 2. The van der Waals surface area contributed by atoms with Gasteiger partial charge in [-0.05, 0) is 49.1 Å². The number of benzene rings is 2. The fraction of sp³-hybridized carbons (Fsp3) is 0.320.